The van der Waals surface area contributed by atoms with Crippen LogP contribution in [0.15, 0.2) is 23.3 Å². The molecule has 1 aliphatic heterocycles. The first-order valence-electron chi connectivity index (χ1n) is 6.51. The Morgan fingerprint density at radius 3 is 2.74 bits per heavy atom. The van der Waals surface area contributed by atoms with E-state index in [9.17, 15) is 4.79 Å². The van der Waals surface area contributed by atoms with Gasteiger partial charge in [-0.1, -0.05) is 0 Å². The molecular formula is C13H16N4O2. The van der Waals surface area contributed by atoms with Gasteiger partial charge in [-0.25, -0.2) is 9.97 Å². The van der Waals surface area contributed by atoms with Gasteiger partial charge in [-0.2, -0.15) is 0 Å². The molecule has 0 aromatic carbocycles. The van der Waals surface area contributed by atoms with E-state index < -0.39 is 0 Å². The lowest BCUT2D eigenvalue weighted by molar-refractivity contribution is 0.276. The maximum absolute atomic E-state index is 11.8. The van der Waals surface area contributed by atoms with Gasteiger partial charge in [-0.05, 0) is 18.9 Å². The van der Waals surface area contributed by atoms with Gasteiger partial charge < -0.3 is 10.0 Å². The molecule has 0 bridgehead atoms. The van der Waals surface area contributed by atoms with E-state index in [1.165, 1.54) is 29.8 Å². The highest BCUT2D eigenvalue weighted by Crippen LogP contribution is 2.24. The van der Waals surface area contributed by atoms with Crippen molar-refractivity contribution in [3.8, 4) is 0 Å². The Morgan fingerprint density at radius 2 is 2.00 bits per heavy atom. The van der Waals surface area contributed by atoms with E-state index in [0.29, 0.717) is 5.65 Å². The summed E-state index contributed by atoms with van der Waals surface area (Å²) in [4.78, 5) is 22.6. The molecule has 1 aliphatic rings. The van der Waals surface area contributed by atoms with Crippen molar-refractivity contribution in [2.24, 2.45) is 0 Å². The molecule has 1 N–H and O–H groups in total. The van der Waals surface area contributed by atoms with Crippen molar-refractivity contribution in [2.75, 3.05) is 24.6 Å². The van der Waals surface area contributed by atoms with Crippen LogP contribution in [-0.2, 0) is 6.54 Å². The zero-order valence-corrected chi connectivity index (χ0v) is 10.6. The first-order valence-corrected chi connectivity index (χ1v) is 6.51. The highest BCUT2D eigenvalue weighted by atomic mass is 16.3. The van der Waals surface area contributed by atoms with E-state index in [-0.39, 0.29) is 18.7 Å². The van der Waals surface area contributed by atoms with Crippen LogP contribution in [0.25, 0.3) is 11.0 Å². The molecule has 0 aliphatic carbocycles. The Balaban J connectivity index is 2.20. The van der Waals surface area contributed by atoms with Gasteiger partial charge in [0.15, 0.2) is 0 Å². The van der Waals surface area contributed by atoms with Gasteiger partial charge in [0.25, 0.3) is 5.56 Å². The van der Waals surface area contributed by atoms with Crippen LogP contribution in [0.2, 0.25) is 0 Å². The van der Waals surface area contributed by atoms with Crippen LogP contribution >= 0.6 is 0 Å². The van der Waals surface area contributed by atoms with Crippen LogP contribution in [-0.4, -0.2) is 39.3 Å². The predicted molar refractivity (Wildman–Crippen MR) is 72.3 cm³/mol. The fraction of sp³-hybridized carbons (Fsp3) is 0.462. The molecule has 0 saturated carbocycles. The average molecular weight is 260 g/mol. The van der Waals surface area contributed by atoms with Gasteiger partial charge >= 0.3 is 0 Å². The van der Waals surface area contributed by atoms with Crippen molar-refractivity contribution >= 4 is 16.9 Å². The number of hydrogen-bond donors (Lipinski definition) is 1. The lowest BCUT2D eigenvalue weighted by Gasteiger charge is -2.18. The number of hydrogen-bond acceptors (Lipinski definition) is 5. The Hall–Kier alpha value is -1.95. The summed E-state index contributed by atoms with van der Waals surface area (Å²) >= 11 is 0. The molecule has 0 radical (unpaired) electrons. The monoisotopic (exact) mass is 260 g/mol. The number of anilines is 1. The summed E-state index contributed by atoms with van der Waals surface area (Å²) in [6.45, 7) is 2.16. The standard InChI is InChI=1S/C13H16N4O2/c18-8-7-17-11(19)4-3-10-12(14-9-15-13(10)17)16-5-1-2-6-16/h3-4,9,18H,1-2,5-8H2. The molecule has 3 heterocycles. The van der Waals surface area contributed by atoms with E-state index in [0.717, 1.165) is 24.3 Å². The molecule has 100 valence electrons. The maximum atomic E-state index is 11.8. The Bertz CT molecular complexity index is 647. The molecular weight excluding hydrogens is 244 g/mol. The summed E-state index contributed by atoms with van der Waals surface area (Å²) in [5.41, 5.74) is 0.450. The van der Waals surface area contributed by atoms with Gasteiger partial charge in [-0.15, -0.1) is 0 Å². The summed E-state index contributed by atoms with van der Waals surface area (Å²) in [7, 11) is 0. The maximum Gasteiger partial charge on any atom is 0.252 e. The Morgan fingerprint density at radius 1 is 1.21 bits per heavy atom. The summed E-state index contributed by atoms with van der Waals surface area (Å²) in [5, 5.41) is 9.94. The third-order valence-corrected chi connectivity index (χ3v) is 3.49. The van der Waals surface area contributed by atoms with E-state index >= 15 is 0 Å². The van der Waals surface area contributed by atoms with Crippen molar-refractivity contribution in [2.45, 2.75) is 19.4 Å². The number of aliphatic hydroxyl groups excluding tert-OH is 1. The van der Waals surface area contributed by atoms with Crippen LogP contribution in [0.5, 0.6) is 0 Å². The van der Waals surface area contributed by atoms with E-state index in [4.69, 9.17) is 5.11 Å². The predicted octanol–water partition coefficient (Wildman–Crippen LogP) is 0.384. The highest BCUT2D eigenvalue weighted by molar-refractivity contribution is 5.87. The number of fused-ring (bicyclic) bond motifs is 1. The van der Waals surface area contributed by atoms with E-state index in [1.54, 1.807) is 6.07 Å². The zero-order valence-electron chi connectivity index (χ0n) is 10.6. The zero-order chi connectivity index (χ0) is 13.2. The number of aliphatic hydroxyl groups is 1. The van der Waals surface area contributed by atoms with Crippen molar-refractivity contribution in [3.05, 3.63) is 28.8 Å². The molecule has 6 nitrogen and oxygen atoms in total. The molecule has 1 saturated heterocycles. The quantitative estimate of drug-likeness (QED) is 0.864. The van der Waals surface area contributed by atoms with Crippen LogP contribution in [0.4, 0.5) is 5.82 Å². The van der Waals surface area contributed by atoms with Crippen molar-refractivity contribution in [3.63, 3.8) is 0 Å². The smallest absolute Gasteiger partial charge is 0.252 e. The molecule has 3 rings (SSSR count). The van der Waals surface area contributed by atoms with Crippen molar-refractivity contribution < 1.29 is 5.11 Å². The van der Waals surface area contributed by atoms with Gasteiger partial charge in [0, 0.05) is 19.2 Å². The molecule has 19 heavy (non-hydrogen) atoms. The van der Waals surface area contributed by atoms with Crippen LogP contribution in [0.3, 0.4) is 0 Å². The lowest BCUT2D eigenvalue weighted by atomic mass is 10.3. The molecule has 0 spiro atoms. The van der Waals surface area contributed by atoms with Gasteiger partial charge in [0.1, 0.15) is 17.8 Å². The minimum Gasteiger partial charge on any atom is -0.395 e. The van der Waals surface area contributed by atoms with Gasteiger partial charge in [-0.3, -0.25) is 9.36 Å². The fourth-order valence-electron chi connectivity index (χ4n) is 2.59. The molecule has 2 aromatic rings. The Kier molecular flexibility index (Phi) is 3.16. The third-order valence-electron chi connectivity index (χ3n) is 3.49. The van der Waals surface area contributed by atoms with Crippen molar-refractivity contribution in [1.29, 1.82) is 0 Å². The number of rotatable bonds is 3. The molecule has 1 fully saturated rings. The summed E-state index contributed by atoms with van der Waals surface area (Å²) in [6, 6.07) is 3.29. The van der Waals surface area contributed by atoms with E-state index in [1.807, 2.05) is 0 Å². The molecule has 2 aromatic heterocycles. The van der Waals surface area contributed by atoms with Crippen LogP contribution in [0.1, 0.15) is 12.8 Å². The number of pyridine rings is 1. The molecule has 0 atom stereocenters. The third kappa shape index (κ3) is 2.08. The molecule has 0 amide bonds. The normalized spacial score (nSPS) is 15.3. The fourth-order valence-corrected chi connectivity index (χ4v) is 2.59. The number of nitrogens with zero attached hydrogens (tertiary/aromatic N) is 4. The minimum absolute atomic E-state index is 0.0813. The minimum atomic E-state index is -0.146. The van der Waals surface area contributed by atoms with Gasteiger partial charge in [0.05, 0.1) is 18.5 Å². The average Bonchev–Trinajstić information content (AvgIpc) is 2.95. The second kappa shape index (κ2) is 4.97. The first-order chi connectivity index (χ1) is 9.31. The van der Waals surface area contributed by atoms with Crippen molar-refractivity contribution in [1.82, 2.24) is 14.5 Å². The molecule has 0 unspecified atom stereocenters. The first kappa shape index (κ1) is 12.1. The topological polar surface area (TPSA) is 71.2 Å². The second-order valence-electron chi connectivity index (χ2n) is 4.68. The number of aromatic nitrogens is 3. The lowest BCUT2D eigenvalue weighted by Crippen LogP contribution is -2.24. The van der Waals surface area contributed by atoms with Gasteiger partial charge in [0.2, 0.25) is 0 Å². The molecule has 6 heteroatoms. The highest BCUT2D eigenvalue weighted by Gasteiger charge is 2.17. The Labute approximate surface area is 110 Å². The second-order valence-corrected chi connectivity index (χ2v) is 4.68. The largest absolute Gasteiger partial charge is 0.395 e. The van der Waals surface area contributed by atoms with Crippen LogP contribution in [0, 0.1) is 0 Å². The summed E-state index contributed by atoms with van der Waals surface area (Å²) < 4.78 is 1.50. The SMILES string of the molecule is O=c1ccc2c(N3CCCC3)ncnc2n1CCO. The summed E-state index contributed by atoms with van der Waals surface area (Å²) in [6.07, 6.45) is 3.83. The van der Waals surface area contributed by atoms with Crippen LogP contribution < -0.4 is 10.5 Å². The summed E-state index contributed by atoms with van der Waals surface area (Å²) in [5.74, 6) is 0.884. The van der Waals surface area contributed by atoms with E-state index in [2.05, 4.69) is 14.9 Å².